The Kier molecular flexibility index (Phi) is 6.17. The van der Waals surface area contributed by atoms with Crippen molar-refractivity contribution in [3.8, 4) is 0 Å². The third-order valence-electron chi connectivity index (χ3n) is 2.43. The van der Waals surface area contributed by atoms with E-state index in [0.29, 0.717) is 12.8 Å². The Morgan fingerprint density at radius 2 is 1.73 bits per heavy atom. The van der Waals surface area contributed by atoms with E-state index in [1.165, 1.54) is 0 Å². The Balaban J connectivity index is 4.44. The molecule has 0 aromatic heterocycles. The molecule has 0 aliphatic rings. The van der Waals surface area contributed by atoms with Gasteiger partial charge < -0.3 is 10.2 Å². The molecule has 2 N–H and O–H groups in total. The lowest BCUT2D eigenvalue weighted by atomic mass is 9.89. The number of ketones is 1. The molecule has 0 saturated heterocycles. The van der Waals surface area contributed by atoms with Crippen LogP contribution in [-0.4, -0.2) is 27.6 Å². The molecule has 15 heavy (non-hydrogen) atoms. The van der Waals surface area contributed by atoms with E-state index in [1.807, 2.05) is 6.92 Å². The SMILES string of the molecule is CCCCCC(O)(C(=O)O)C(=O)CCC. The minimum Gasteiger partial charge on any atom is -0.479 e. The second kappa shape index (κ2) is 6.56. The molecule has 1 atom stereocenters. The van der Waals surface area contributed by atoms with E-state index >= 15 is 0 Å². The lowest BCUT2D eigenvalue weighted by molar-refractivity contribution is -0.166. The minimum absolute atomic E-state index is 0.0228. The second-order valence-electron chi connectivity index (χ2n) is 3.80. The predicted octanol–water partition coefficient (Wildman–Crippen LogP) is 1.75. The number of carboxylic acids is 1. The zero-order valence-corrected chi connectivity index (χ0v) is 9.45. The third kappa shape index (κ3) is 4.00. The summed E-state index contributed by atoms with van der Waals surface area (Å²) in [5, 5.41) is 18.6. The van der Waals surface area contributed by atoms with Gasteiger partial charge in [-0.15, -0.1) is 0 Å². The van der Waals surface area contributed by atoms with Crippen molar-refractivity contribution < 1.29 is 19.8 Å². The molecule has 4 heteroatoms. The van der Waals surface area contributed by atoms with E-state index in [1.54, 1.807) is 6.92 Å². The highest BCUT2D eigenvalue weighted by Gasteiger charge is 2.42. The van der Waals surface area contributed by atoms with Crippen LogP contribution in [0.3, 0.4) is 0 Å². The standard InChI is InChI=1S/C11H20O4/c1-3-5-6-8-11(15,10(13)14)9(12)7-4-2/h15H,3-8H2,1-2H3,(H,13,14). The van der Waals surface area contributed by atoms with Crippen molar-refractivity contribution in [3.63, 3.8) is 0 Å². The number of rotatable bonds is 8. The zero-order chi connectivity index (χ0) is 11.9. The summed E-state index contributed by atoms with van der Waals surface area (Å²) in [7, 11) is 0. The Bertz CT molecular complexity index is 225. The molecule has 0 heterocycles. The van der Waals surface area contributed by atoms with Crippen LogP contribution < -0.4 is 0 Å². The highest BCUT2D eigenvalue weighted by atomic mass is 16.4. The Hall–Kier alpha value is -0.900. The van der Waals surface area contributed by atoms with Gasteiger partial charge >= 0.3 is 5.97 Å². The number of Topliss-reactive ketones (excluding diaryl/α,β-unsaturated/α-hetero) is 1. The van der Waals surface area contributed by atoms with Gasteiger partial charge in [-0.1, -0.05) is 26.7 Å². The van der Waals surface area contributed by atoms with Gasteiger partial charge in [0.15, 0.2) is 5.78 Å². The van der Waals surface area contributed by atoms with E-state index in [2.05, 4.69) is 0 Å². The summed E-state index contributed by atoms with van der Waals surface area (Å²) in [5.74, 6) is -1.99. The molecule has 4 nitrogen and oxygen atoms in total. The fraction of sp³-hybridized carbons (Fsp3) is 0.818. The molecule has 0 rings (SSSR count). The van der Waals surface area contributed by atoms with Crippen molar-refractivity contribution in [2.75, 3.05) is 0 Å². The van der Waals surface area contributed by atoms with Gasteiger partial charge in [0.05, 0.1) is 0 Å². The molecule has 0 amide bonds. The summed E-state index contributed by atoms with van der Waals surface area (Å²) in [4.78, 5) is 22.3. The molecule has 0 bridgehead atoms. The molecule has 0 spiro atoms. The fourth-order valence-corrected chi connectivity index (χ4v) is 1.43. The van der Waals surface area contributed by atoms with Crippen molar-refractivity contribution in [3.05, 3.63) is 0 Å². The first-order valence-electron chi connectivity index (χ1n) is 5.48. The first kappa shape index (κ1) is 14.1. The highest BCUT2D eigenvalue weighted by Crippen LogP contribution is 2.19. The molecule has 0 radical (unpaired) electrons. The summed E-state index contributed by atoms with van der Waals surface area (Å²) in [6.45, 7) is 3.76. The largest absolute Gasteiger partial charge is 0.479 e. The molecule has 0 aliphatic heterocycles. The van der Waals surface area contributed by atoms with Crippen molar-refractivity contribution in [2.45, 2.75) is 58.0 Å². The van der Waals surface area contributed by atoms with Gasteiger partial charge in [-0.3, -0.25) is 4.79 Å². The number of carbonyl (C=O) groups excluding carboxylic acids is 1. The zero-order valence-electron chi connectivity index (χ0n) is 9.45. The van der Waals surface area contributed by atoms with Crippen LogP contribution in [0.15, 0.2) is 0 Å². The van der Waals surface area contributed by atoms with E-state index in [-0.39, 0.29) is 12.8 Å². The van der Waals surface area contributed by atoms with Crippen LogP contribution in [-0.2, 0) is 9.59 Å². The molecule has 0 saturated carbocycles. The maximum Gasteiger partial charge on any atom is 0.343 e. The van der Waals surface area contributed by atoms with Gasteiger partial charge in [-0.05, 0) is 19.3 Å². The fourth-order valence-electron chi connectivity index (χ4n) is 1.43. The number of carboxylic acid groups (broad SMARTS) is 1. The quantitative estimate of drug-likeness (QED) is 0.479. The Morgan fingerprint density at radius 3 is 2.13 bits per heavy atom. The summed E-state index contributed by atoms with van der Waals surface area (Å²) in [6, 6.07) is 0. The van der Waals surface area contributed by atoms with E-state index in [9.17, 15) is 14.7 Å². The minimum atomic E-state index is -2.16. The van der Waals surface area contributed by atoms with Crippen molar-refractivity contribution in [1.29, 1.82) is 0 Å². The van der Waals surface area contributed by atoms with Gasteiger partial charge in [0, 0.05) is 6.42 Å². The molecule has 88 valence electrons. The average molecular weight is 216 g/mol. The van der Waals surface area contributed by atoms with Gasteiger partial charge in [-0.2, -0.15) is 0 Å². The highest BCUT2D eigenvalue weighted by molar-refractivity contribution is 6.06. The third-order valence-corrected chi connectivity index (χ3v) is 2.43. The summed E-state index contributed by atoms with van der Waals surface area (Å²) >= 11 is 0. The lowest BCUT2D eigenvalue weighted by Crippen LogP contribution is -2.46. The van der Waals surface area contributed by atoms with Gasteiger partial charge in [0.2, 0.25) is 5.60 Å². The van der Waals surface area contributed by atoms with Crippen LogP contribution in [0, 0.1) is 0 Å². The average Bonchev–Trinajstić information content (AvgIpc) is 2.18. The van der Waals surface area contributed by atoms with E-state index in [0.717, 1.165) is 12.8 Å². The Morgan fingerprint density at radius 1 is 1.13 bits per heavy atom. The van der Waals surface area contributed by atoms with Gasteiger partial charge in [0.1, 0.15) is 0 Å². The normalized spacial score (nSPS) is 14.6. The van der Waals surface area contributed by atoms with Crippen LogP contribution in [0.4, 0.5) is 0 Å². The Labute approximate surface area is 90.3 Å². The maximum atomic E-state index is 11.5. The van der Waals surface area contributed by atoms with Gasteiger partial charge in [0.25, 0.3) is 0 Å². The molecule has 1 unspecified atom stereocenters. The summed E-state index contributed by atoms with van der Waals surface area (Å²) in [6.07, 6.45) is 3.02. The molecular formula is C11H20O4. The number of hydrogen-bond acceptors (Lipinski definition) is 3. The van der Waals surface area contributed by atoms with Crippen molar-refractivity contribution in [2.24, 2.45) is 0 Å². The number of aliphatic carboxylic acids is 1. The maximum absolute atomic E-state index is 11.5. The topological polar surface area (TPSA) is 74.6 Å². The number of carbonyl (C=O) groups is 2. The molecular weight excluding hydrogens is 196 g/mol. The number of aliphatic hydroxyl groups is 1. The predicted molar refractivity (Wildman–Crippen MR) is 56.6 cm³/mol. The first-order valence-corrected chi connectivity index (χ1v) is 5.48. The molecule has 0 fully saturated rings. The van der Waals surface area contributed by atoms with Crippen LogP contribution in [0.5, 0.6) is 0 Å². The second-order valence-corrected chi connectivity index (χ2v) is 3.80. The first-order chi connectivity index (χ1) is 6.99. The molecule has 0 aromatic carbocycles. The van der Waals surface area contributed by atoms with Crippen molar-refractivity contribution in [1.82, 2.24) is 0 Å². The molecule has 0 aliphatic carbocycles. The monoisotopic (exact) mass is 216 g/mol. The summed E-state index contributed by atoms with van der Waals surface area (Å²) in [5.41, 5.74) is -2.16. The van der Waals surface area contributed by atoms with Crippen LogP contribution in [0.2, 0.25) is 0 Å². The van der Waals surface area contributed by atoms with E-state index < -0.39 is 17.4 Å². The molecule has 0 aromatic rings. The number of hydrogen-bond donors (Lipinski definition) is 2. The van der Waals surface area contributed by atoms with Crippen LogP contribution in [0.1, 0.15) is 52.4 Å². The smallest absolute Gasteiger partial charge is 0.343 e. The van der Waals surface area contributed by atoms with Gasteiger partial charge in [-0.25, -0.2) is 4.79 Å². The van der Waals surface area contributed by atoms with Crippen LogP contribution in [0.25, 0.3) is 0 Å². The summed E-state index contributed by atoms with van der Waals surface area (Å²) < 4.78 is 0. The van der Waals surface area contributed by atoms with E-state index in [4.69, 9.17) is 5.11 Å². The lowest BCUT2D eigenvalue weighted by Gasteiger charge is -2.21. The number of unbranched alkanes of at least 4 members (excludes halogenated alkanes) is 2. The van der Waals surface area contributed by atoms with Crippen LogP contribution >= 0.6 is 0 Å². The van der Waals surface area contributed by atoms with Crippen molar-refractivity contribution >= 4 is 11.8 Å².